The molecule has 1 aliphatic rings. The molecule has 28 heavy (non-hydrogen) atoms. The van der Waals surface area contributed by atoms with Crippen molar-refractivity contribution in [1.29, 1.82) is 0 Å². The predicted molar refractivity (Wildman–Crippen MR) is 110 cm³/mol. The van der Waals surface area contributed by atoms with Crippen LogP contribution in [0, 0.1) is 0 Å². The van der Waals surface area contributed by atoms with Gasteiger partial charge in [-0.1, -0.05) is 30.4 Å². The number of ether oxygens (including phenoxy) is 2. The zero-order chi connectivity index (χ0) is 19.6. The standard InChI is InChI=1S/C20H24N4O3S/c1-3-15-12-17(25)24-19(22-15)28-18(23-24)21-13-20(8-10-27-11-9-20)14-4-6-16(26-2)7-5-14/h4-7,12H,3,8-11,13H2,1-2H3,(H,21,23). The van der Waals surface area contributed by atoms with E-state index in [1.807, 2.05) is 19.1 Å². The van der Waals surface area contributed by atoms with E-state index >= 15 is 0 Å². The first-order valence-electron chi connectivity index (χ1n) is 9.49. The lowest BCUT2D eigenvalue weighted by Gasteiger charge is -2.38. The van der Waals surface area contributed by atoms with Crippen LogP contribution in [-0.4, -0.2) is 41.5 Å². The van der Waals surface area contributed by atoms with Gasteiger partial charge in [0, 0.05) is 36.9 Å². The van der Waals surface area contributed by atoms with Gasteiger partial charge in [0.15, 0.2) is 0 Å². The zero-order valence-electron chi connectivity index (χ0n) is 16.1. The third kappa shape index (κ3) is 3.62. The van der Waals surface area contributed by atoms with Gasteiger partial charge in [-0.15, -0.1) is 5.10 Å². The van der Waals surface area contributed by atoms with E-state index in [0.717, 1.165) is 50.5 Å². The Morgan fingerprint density at radius 2 is 2.04 bits per heavy atom. The minimum Gasteiger partial charge on any atom is -0.497 e. The molecule has 148 valence electrons. The summed E-state index contributed by atoms with van der Waals surface area (Å²) in [5, 5.41) is 8.59. The molecule has 0 bridgehead atoms. The fourth-order valence-electron chi connectivity index (χ4n) is 3.63. The molecule has 1 N–H and O–H groups in total. The maximum atomic E-state index is 12.2. The molecule has 0 atom stereocenters. The highest BCUT2D eigenvalue weighted by molar-refractivity contribution is 7.20. The van der Waals surface area contributed by atoms with Gasteiger partial charge < -0.3 is 14.8 Å². The number of nitrogens with zero attached hydrogens (tertiary/aromatic N) is 3. The first-order chi connectivity index (χ1) is 13.6. The first kappa shape index (κ1) is 18.9. The second-order valence-electron chi connectivity index (χ2n) is 7.02. The topological polar surface area (TPSA) is 77.8 Å². The molecular weight excluding hydrogens is 376 g/mol. The summed E-state index contributed by atoms with van der Waals surface area (Å²) >= 11 is 1.41. The van der Waals surface area contributed by atoms with Gasteiger partial charge in [0.2, 0.25) is 10.1 Å². The normalized spacial score (nSPS) is 16.2. The fourth-order valence-corrected chi connectivity index (χ4v) is 4.45. The van der Waals surface area contributed by atoms with Crippen molar-refractivity contribution in [2.75, 3.05) is 32.2 Å². The number of nitrogens with one attached hydrogen (secondary N) is 1. The summed E-state index contributed by atoms with van der Waals surface area (Å²) in [5.74, 6) is 0.849. The maximum Gasteiger partial charge on any atom is 0.275 e. The molecule has 0 saturated carbocycles. The van der Waals surface area contributed by atoms with Gasteiger partial charge in [0.25, 0.3) is 5.56 Å². The van der Waals surface area contributed by atoms with Crippen LogP contribution in [0.3, 0.4) is 0 Å². The van der Waals surface area contributed by atoms with Gasteiger partial charge >= 0.3 is 0 Å². The Balaban J connectivity index is 1.60. The second-order valence-corrected chi connectivity index (χ2v) is 7.97. The van der Waals surface area contributed by atoms with Crippen LogP contribution in [0.2, 0.25) is 0 Å². The molecule has 3 heterocycles. The van der Waals surface area contributed by atoms with Crippen LogP contribution < -0.4 is 15.6 Å². The summed E-state index contributed by atoms with van der Waals surface area (Å²) in [5.41, 5.74) is 1.87. The van der Waals surface area contributed by atoms with Crippen molar-refractivity contribution >= 4 is 21.4 Å². The first-order valence-corrected chi connectivity index (χ1v) is 10.3. The van der Waals surface area contributed by atoms with Crippen LogP contribution in [0.25, 0.3) is 4.96 Å². The molecule has 0 radical (unpaired) electrons. The van der Waals surface area contributed by atoms with E-state index < -0.39 is 0 Å². The Labute approximate surface area is 167 Å². The van der Waals surface area contributed by atoms with Gasteiger partial charge in [0.05, 0.1) is 7.11 Å². The van der Waals surface area contributed by atoms with Crippen LogP contribution in [0.1, 0.15) is 31.0 Å². The number of methoxy groups -OCH3 is 1. The number of fused-ring (bicyclic) bond motifs is 1. The molecule has 2 aromatic heterocycles. The number of aromatic nitrogens is 3. The van der Waals surface area contributed by atoms with Crippen LogP contribution >= 0.6 is 11.3 Å². The smallest absolute Gasteiger partial charge is 0.275 e. The Morgan fingerprint density at radius 1 is 1.29 bits per heavy atom. The summed E-state index contributed by atoms with van der Waals surface area (Å²) in [4.78, 5) is 17.4. The molecule has 8 heteroatoms. The average molecular weight is 401 g/mol. The van der Waals surface area contributed by atoms with E-state index in [4.69, 9.17) is 9.47 Å². The Hall–Kier alpha value is -2.45. The molecule has 1 fully saturated rings. The third-order valence-corrected chi connectivity index (χ3v) is 6.26. The molecule has 3 aromatic rings. The van der Waals surface area contributed by atoms with Gasteiger partial charge in [-0.3, -0.25) is 4.79 Å². The van der Waals surface area contributed by atoms with Gasteiger partial charge in [0.1, 0.15) is 5.75 Å². The van der Waals surface area contributed by atoms with Crippen LogP contribution in [0.4, 0.5) is 5.13 Å². The maximum absolute atomic E-state index is 12.2. The van der Waals surface area contributed by atoms with Crippen molar-refractivity contribution in [1.82, 2.24) is 14.6 Å². The molecule has 0 amide bonds. The largest absolute Gasteiger partial charge is 0.497 e. The Bertz CT molecular complexity index is 1010. The van der Waals surface area contributed by atoms with Crippen molar-refractivity contribution < 1.29 is 9.47 Å². The Kier molecular flexibility index (Phi) is 5.32. The van der Waals surface area contributed by atoms with E-state index in [1.165, 1.54) is 21.4 Å². The Morgan fingerprint density at radius 3 is 2.71 bits per heavy atom. The average Bonchev–Trinajstić information content (AvgIpc) is 3.17. The van der Waals surface area contributed by atoms with E-state index in [1.54, 1.807) is 13.2 Å². The summed E-state index contributed by atoms with van der Waals surface area (Å²) in [6.07, 6.45) is 2.58. The summed E-state index contributed by atoms with van der Waals surface area (Å²) < 4.78 is 12.3. The minimum atomic E-state index is -0.137. The summed E-state index contributed by atoms with van der Waals surface area (Å²) in [6.45, 7) is 4.17. The monoisotopic (exact) mass is 400 g/mol. The van der Waals surface area contributed by atoms with Crippen molar-refractivity contribution in [3.63, 3.8) is 0 Å². The number of aryl methyl sites for hydroxylation is 1. The van der Waals surface area contributed by atoms with Crippen LogP contribution in [0.15, 0.2) is 35.1 Å². The lowest BCUT2D eigenvalue weighted by atomic mass is 9.74. The highest BCUT2D eigenvalue weighted by Gasteiger charge is 2.34. The molecule has 1 aliphatic heterocycles. The number of hydrogen-bond donors (Lipinski definition) is 1. The van der Waals surface area contributed by atoms with Gasteiger partial charge in [-0.25, -0.2) is 4.98 Å². The van der Waals surface area contributed by atoms with Crippen molar-refractivity contribution in [3.05, 3.63) is 51.9 Å². The predicted octanol–water partition coefficient (Wildman–Crippen LogP) is 2.88. The molecule has 7 nitrogen and oxygen atoms in total. The molecule has 1 aromatic carbocycles. The van der Waals surface area contributed by atoms with Crippen molar-refractivity contribution in [2.45, 2.75) is 31.6 Å². The molecule has 0 unspecified atom stereocenters. The van der Waals surface area contributed by atoms with Gasteiger partial charge in [-0.05, 0) is 37.0 Å². The van der Waals surface area contributed by atoms with Crippen molar-refractivity contribution in [2.24, 2.45) is 0 Å². The molecule has 0 aliphatic carbocycles. The number of benzene rings is 1. The fraction of sp³-hybridized carbons (Fsp3) is 0.450. The van der Waals surface area contributed by atoms with Crippen LogP contribution in [0.5, 0.6) is 5.75 Å². The van der Waals surface area contributed by atoms with E-state index in [0.29, 0.717) is 10.1 Å². The quantitative estimate of drug-likeness (QED) is 0.686. The second kappa shape index (κ2) is 7.89. The van der Waals surface area contributed by atoms with Gasteiger partial charge in [-0.2, -0.15) is 4.52 Å². The van der Waals surface area contributed by atoms with E-state index in [2.05, 4.69) is 27.5 Å². The number of hydrogen-bond acceptors (Lipinski definition) is 7. The van der Waals surface area contributed by atoms with Crippen LogP contribution in [-0.2, 0) is 16.6 Å². The zero-order valence-corrected chi connectivity index (χ0v) is 16.9. The lowest BCUT2D eigenvalue weighted by molar-refractivity contribution is 0.0544. The highest BCUT2D eigenvalue weighted by atomic mass is 32.1. The molecule has 1 saturated heterocycles. The number of anilines is 1. The van der Waals surface area contributed by atoms with Crippen molar-refractivity contribution in [3.8, 4) is 5.75 Å². The summed E-state index contributed by atoms with van der Waals surface area (Å²) in [6, 6.07) is 9.81. The summed E-state index contributed by atoms with van der Waals surface area (Å²) in [7, 11) is 1.67. The molecular formula is C20H24N4O3S. The number of rotatable bonds is 6. The highest BCUT2D eigenvalue weighted by Crippen LogP contribution is 2.36. The molecule has 4 rings (SSSR count). The third-order valence-electron chi connectivity index (χ3n) is 5.39. The SMILES string of the molecule is CCc1cc(=O)n2nc(NCC3(c4ccc(OC)cc4)CCOCC3)sc2n1. The molecule has 0 spiro atoms. The lowest BCUT2D eigenvalue weighted by Crippen LogP contribution is -2.40. The minimum absolute atomic E-state index is 0.0463. The van der Waals surface area contributed by atoms with E-state index in [-0.39, 0.29) is 11.0 Å². The van der Waals surface area contributed by atoms with E-state index in [9.17, 15) is 4.79 Å².